The Labute approximate surface area is 162 Å². The molecule has 8 heteroatoms. The number of nitrogens with one attached hydrogen (secondary N) is 1. The average Bonchev–Trinajstić information content (AvgIpc) is 3.02. The van der Waals surface area contributed by atoms with Crippen molar-refractivity contribution in [2.45, 2.75) is 25.8 Å². The lowest BCUT2D eigenvalue weighted by molar-refractivity contribution is 0.102. The Morgan fingerprint density at radius 1 is 1.25 bits per heavy atom. The monoisotopic (exact) mass is 381 g/mol. The number of nitrogens with two attached hydrogens (primary N) is 1. The van der Waals surface area contributed by atoms with Crippen LogP contribution in [0.15, 0.2) is 39.8 Å². The van der Waals surface area contributed by atoms with Crippen molar-refractivity contribution in [1.82, 2.24) is 14.5 Å². The topological polar surface area (TPSA) is 106 Å². The number of nitrogen functional groups attached to an aromatic ring is 1. The molecule has 28 heavy (non-hydrogen) atoms. The Morgan fingerprint density at radius 2 is 1.93 bits per heavy atom. The number of amides is 1. The molecule has 0 radical (unpaired) electrons. The molecule has 0 aliphatic carbocycles. The Hall–Kier alpha value is -3.13. The number of likely N-dealkylation sites (tertiary alicyclic amines) is 1. The molecule has 0 bridgehead atoms. The second-order valence-corrected chi connectivity index (χ2v) is 7.28. The molecule has 8 nitrogen and oxygen atoms in total. The number of furan rings is 1. The molecule has 1 aromatic carbocycles. The smallest absolute Gasteiger partial charge is 0.265 e. The van der Waals surface area contributed by atoms with Gasteiger partial charge < -0.3 is 20.4 Å². The zero-order valence-corrected chi connectivity index (χ0v) is 15.9. The van der Waals surface area contributed by atoms with E-state index in [1.54, 1.807) is 35.8 Å². The third-order valence-corrected chi connectivity index (χ3v) is 5.29. The number of benzene rings is 1. The van der Waals surface area contributed by atoms with Gasteiger partial charge in [-0.15, -0.1) is 0 Å². The van der Waals surface area contributed by atoms with Crippen molar-refractivity contribution in [2.75, 3.05) is 31.2 Å². The Balaban J connectivity index is 1.72. The van der Waals surface area contributed by atoms with Gasteiger partial charge in [0.2, 0.25) is 5.71 Å². The summed E-state index contributed by atoms with van der Waals surface area (Å²) in [6, 6.07) is 6.89. The number of carbonyl (C=O) groups is 1. The van der Waals surface area contributed by atoms with Gasteiger partial charge in [0.05, 0.1) is 5.56 Å². The molecule has 146 valence electrons. The molecular formula is C20H23N5O3. The third kappa shape index (κ3) is 3.27. The molecule has 4 rings (SSSR count). The van der Waals surface area contributed by atoms with Crippen LogP contribution in [0, 0.1) is 6.92 Å². The van der Waals surface area contributed by atoms with Crippen LogP contribution in [0.2, 0.25) is 0 Å². The van der Waals surface area contributed by atoms with Crippen molar-refractivity contribution >= 4 is 28.4 Å². The molecule has 1 saturated heterocycles. The summed E-state index contributed by atoms with van der Waals surface area (Å²) >= 11 is 0. The summed E-state index contributed by atoms with van der Waals surface area (Å²) in [5, 5.41) is 3.03. The summed E-state index contributed by atoms with van der Waals surface area (Å²) in [4.78, 5) is 32.6. The van der Waals surface area contributed by atoms with Crippen molar-refractivity contribution in [3.05, 3.63) is 52.3 Å². The third-order valence-electron chi connectivity index (χ3n) is 5.29. The number of anilines is 2. The number of hydrogen-bond donors (Lipinski definition) is 2. The summed E-state index contributed by atoms with van der Waals surface area (Å²) in [5.74, 6) is -0.0327. The molecule has 1 amide bonds. The Morgan fingerprint density at radius 3 is 2.61 bits per heavy atom. The minimum Gasteiger partial charge on any atom is -0.442 e. The number of nitrogens with zero attached hydrogens (tertiary/aromatic N) is 3. The maximum atomic E-state index is 13.2. The molecule has 3 N–H and O–H groups in total. The van der Waals surface area contributed by atoms with E-state index in [9.17, 15) is 9.59 Å². The molecule has 3 aromatic rings. The van der Waals surface area contributed by atoms with E-state index in [4.69, 9.17) is 10.2 Å². The van der Waals surface area contributed by atoms with Gasteiger partial charge >= 0.3 is 0 Å². The highest BCUT2D eigenvalue weighted by atomic mass is 16.3. The summed E-state index contributed by atoms with van der Waals surface area (Å²) in [5.41, 5.74) is 7.06. The second kappa shape index (κ2) is 7.12. The van der Waals surface area contributed by atoms with Gasteiger partial charge in [-0.05, 0) is 64.2 Å². The van der Waals surface area contributed by atoms with Crippen LogP contribution in [0.25, 0.3) is 11.1 Å². The zero-order chi connectivity index (χ0) is 19.8. The van der Waals surface area contributed by atoms with Crippen molar-refractivity contribution in [3.8, 4) is 0 Å². The van der Waals surface area contributed by atoms with E-state index in [2.05, 4.69) is 22.2 Å². The van der Waals surface area contributed by atoms with Crippen LogP contribution in [-0.4, -0.2) is 40.5 Å². The molecule has 3 heterocycles. The van der Waals surface area contributed by atoms with Crippen LogP contribution in [0.4, 0.5) is 11.4 Å². The molecule has 1 aliphatic heterocycles. The Bertz CT molecular complexity index is 1080. The standard InChI is InChI=1S/C20H23N5O3/c1-12-16(18(26)23-14-5-3-13(21)4-6-14)17-19(28-12)22-11-25(20(17)27)15-7-9-24(2)10-8-15/h3-6,11,15H,7-10,21H2,1-2H3,(H,23,26). The quantitative estimate of drug-likeness (QED) is 0.675. The first-order chi connectivity index (χ1) is 13.4. The minimum atomic E-state index is -0.402. The van der Waals surface area contributed by atoms with Crippen molar-refractivity contribution in [2.24, 2.45) is 0 Å². The van der Waals surface area contributed by atoms with Crippen molar-refractivity contribution < 1.29 is 9.21 Å². The molecule has 0 saturated carbocycles. The molecule has 1 aliphatic rings. The predicted octanol–water partition coefficient (Wildman–Crippen LogP) is 2.40. The fourth-order valence-electron chi connectivity index (χ4n) is 3.68. The summed E-state index contributed by atoms with van der Waals surface area (Å²) < 4.78 is 7.25. The number of piperidine rings is 1. The molecule has 0 unspecified atom stereocenters. The first-order valence-electron chi connectivity index (χ1n) is 9.29. The number of aromatic nitrogens is 2. The fourth-order valence-corrected chi connectivity index (χ4v) is 3.68. The van der Waals surface area contributed by atoms with Gasteiger partial charge in [0.15, 0.2) is 0 Å². The molecular weight excluding hydrogens is 358 g/mol. The van der Waals surface area contributed by atoms with Crippen LogP contribution in [0.5, 0.6) is 0 Å². The largest absolute Gasteiger partial charge is 0.442 e. The molecule has 2 aromatic heterocycles. The van der Waals surface area contributed by atoms with E-state index in [1.165, 1.54) is 6.33 Å². The first kappa shape index (κ1) is 18.2. The van der Waals surface area contributed by atoms with Crippen LogP contribution in [-0.2, 0) is 0 Å². The van der Waals surface area contributed by atoms with Gasteiger partial charge in [0.1, 0.15) is 17.5 Å². The normalized spacial score (nSPS) is 15.8. The Kier molecular flexibility index (Phi) is 4.64. The highest BCUT2D eigenvalue weighted by Crippen LogP contribution is 2.25. The van der Waals surface area contributed by atoms with Gasteiger partial charge in [-0.1, -0.05) is 0 Å². The van der Waals surface area contributed by atoms with Gasteiger partial charge in [-0.2, -0.15) is 0 Å². The minimum absolute atomic E-state index is 0.0730. The molecule has 1 fully saturated rings. The van der Waals surface area contributed by atoms with Gasteiger partial charge in [0, 0.05) is 17.4 Å². The number of carbonyl (C=O) groups excluding carboxylic acids is 1. The highest BCUT2D eigenvalue weighted by molar-refractivity contribution is 6.12. The summed E-state index contributed by atoms with van der Waals surface area (Å²) in [6.45, 7) is 3.51. The highest BCUT2D eigenvalue weighted by Gasteiger charge is 2.26. The van der Waals surface area contributed by atoms with Gasteiger partial charge in [-0.25, -0.2) is 4.98 Å². The van der Waals surface area contributed by atoms with E-state index in [0.29, 0.717) is 17.1 Å². The van der Waals surface area contributed by atoms with E-state index < -0.39 is 5.91 Å². The average molecular weight is 381 g/mol. The maximum absolute atomic E-state index is 13.2. The predicted molar refractivity (Wildman–Crippen MR) is 108 cm³/mol. The number of hydrogen-bond acceptors (Lipinski definition) is 6. The lowest BCUT2D eigenvalue weighted by Crippen LogP contribution is -2.35. The van der Waals surface area contributed by atoms with Crippen molar-refractivity contribution in [3.63, 3.8) is 0 Å². The first-order valence-corrected chi connectivity index (χ1v) is 9.29. The van der Waals surface area contributed by atoms with E-state index in [1.807, 2.05) is 0 Å². The van der Waals surface area contributed by atoms with E-state index in [-0.39, 0.29) is 28.3 Å². The fraction of sp³-hybridized carbons (Fsp3) is 0.350. The van der Waals surface area contributed by atoms with Gasteiger partial charge in [-0.3, -0.25) is 14.2 Å². The SMILES string of the molecule is Cc1oc2ncn(C3CCN(C)CC3)c(=O)c2c1C(=O)Nc1ccc(N)cc1. The van der Waals surface area contributed by atoms with E-state index >= 15 is 0 Å². The van der Waals surface area contributed by atoms with Crippen LogP contribution in [0.1, 0.15) is 35.0 Å². The number of rotatable bonds is 3. The van der Waals surface area contributed by atoms with Crippen molar-refractivity contribution in [1.29, 1.82) is 0 Å². The number of aryl methyl sites for hydroxylation is 1. The van der Waals surface area contributed by atoms with Crippen LogP contribution < -0.4 is 16.6 Å². The molecule has 0 atom stereocenters. The molecule has 0 spiro atoms. The summed E-state index contributed by atoms with van der Waals surface area (Å²) in [7, 11) is 2.07. The lowest BCUT2D eigenvalue weighted by atomic mass is 10.1. The van der Waals surface area contributed by atoms with Crippen LogP contribution >= 0.6 is 0 Å². The zero-order valence-electron chi connectivity index (χ0n) is 15.9. The lowest BCUT2D eigenvalue weighted by Gasteiger charge is -2.29. The number of fused-ring (bicyclic) bond motifs is 1. The summed E-state index contributed by atoms with van der Waals surface area (Å²) in [6.07, 6.45) is 3.27. The second-order valence-electron chi connectivity index (χ2n) is 7.28. The van der Waals surface area contributed by atoms with Gasteiger partial charge in [0.25, 0.3) is 11.5 Å². The maximum Gasteiger partial charge on any atom is 0.265 e. The van der Waals surface area contributed by atoms with E-state index in [0.717, 1.165) is 25.9 Å². The van der Waals surface area contributed by atoms with Crippen LogP contribution in [0.3, 0.4) is 0 Å².